The number of pyridine rings is 1. The van der Waals surface area contributed by atoms with Crippen molar-refractivity contribution in [1.29, 1.82) is 0 Å². The summed E-state index contributed by atoms with van der Waals surface area (Å²) in [4.78, 5) is 16.9. The van der Waals surface area contributed by atoms with Crippen LogP contribution in [0.4, 0.5) is 5.82 Å². The molecule has 0 aliphatic heterocycles. The molecule has 160 valence electrons. The van der Waals surface area contributed by atoms with Gasteiger partial charge in [0.1, 0.15) is 5.82 Å². The van der Waals surface area contributed by atoms with Crippen LogP contribution in [-0.4, -0.2) is 32.4 Å². The van der Waals surface area contributed by atoms with Gasteiger partial charge >= 0.3 is 0 Å². The van der Waals surface area contributed by atoms with E-state index in [0.717, 1.165) is 49.7 Å². The average Bonchev–Trinajstić information content (AvgIpc) is 3.42. The quantitative estimate of drug-likeness (QED) is 0.562. The number of benzene rings is 1. The second-order valence-electron chi connectivity index (χ2n) is 7.98. The standard InChI is InChI=1S/C22H28N4O3S/c27-22(17-5-1-2-6-17)26-20-11-9-16-8-10-18(15-19(16)20)30(28,29)25-14-13-24-21-7-3-4-12-23-21/h3-4,7-8,10,12,15,17,20,25H,1-2,5-6,9,11,13-14H2,(H,23,24)(H,26,27). The van der Waals surface area contributed by atoms with Gasteiger partial charge in [-0.15, -0.1) is 0 Å². The number of carbonyl (C=O) groups excluding carboxylic acids is 1. The molecular formula is C22H28N4O3S. The minimum atomic E-state index is -3.63. The summed E-state index contributed by atoms with van der Waals surface area (Å²) in [6, 6.07) is 10.7. The van der Waals surface area contributed by atoms with Crippen molar-refractivity contribution in [3.8, 4) is 0 Å². The number of rotatable bonds is 8. The third kappa shape index (κ3) is 4.82. The van der Waals surface area contributed by atoms with E-state index in [9.17, 15) is 13.2 Å². The summed E-state index contributed by atoms with van der Waals surface area (Å²) in [6.07, 6.45) is 7.49. The van der Waals surface area contributed by atoms with Crippen molar-refractivity contribution in [2.24, 2.45) is 5.92 Å². The van der Waals surface area contributed by atoms with Gasteiger partial charge < -0.3 is 10.6 Å². The van der Waals surface area contributed by atoms with Crippen molar-refractivity contribution in [3.05, 3.63) is 53.7 Å². The molecule has 0 saturated heterocycles. The van der Waals surface area contributed by atoms with Crippen LogP contribution in [0.25, 0.3) is 0 Å². The zero-order chi connectivity index (χ0) is 21.0. The van der Waals surface area contributed by atoms with Gasteiger partial charge in [-0.2, -0.15) is 0 Å². The Hall–Kier alpha value is -2.45. The molecule has 0 bridgehead atoms. The maximum absolute atomic E-state index is 12.7. The predicted octanol–water partition coefficient (Wildman–Crippen LogP) is 2.77. The number of nitrogens with zero attached hydrogens (tertiary/aromatic N) is 1. The largest absolute Gasteiger partial charge is 0.369 e. The number of aromatic nitrogens is 1. The lowest BCUT2D eigenvalue weighted by Crippen LogP contribution is -2.32. The van der Waals surface area contributed by atoms with E-state index in [4.69, 9.17) is 0 Å². The van der Waals surface area contributed by atoms with Crippen molar-refractivity contribution in [2.75, 3.05) is 18.4 Å². The van der Waals surface area contributed by atoms with Crippen LogP contribution in [-0.2, 0) is 21.2 Å². The topological polar surface area (TPSA) is 100 Å². The summed E-state index contributed by atoms with van der Waals surface area (Å²) < 4.78 is 28.1. The number of hydrogen-bond donors (Lipinski definition) is 3. The van der Waals surface area contributed by atoms with Crippen LogP contribution in [0, 0.1) is 5.92 Å². The second-order valence-corrected chi connectivity index (χ2v) is 9.75. The highest BCUT2D eigenvalue weighted by atomic mass is 32.2. The maximum Gasteiger partial charge on any atom is 0.240 e. The highest BCUT2D eigenvalue weighted by Gasteiger charge is 2.29. The number of anilines is 1. The fourth-order valence-corrected chi connectivity index (χ4v) is 5.37. The second kappa shape index (κ2) is 9.14. The molecule has 7 nitrogen and oxygen atoms in total. The molecule has 0 spiro atoms. The van der Waals surface area contributed by atoms with E-state index in [2.05, 4.69) is 20.3 Å². The fourth-order valence-electron chi connectivity index (χ4n) is 4.30. The SMILES string of the molecule is O=C(NC1CCc2ccc(S(=O)(=O)NCCNc3ccccn3)cc21)C1CCCC1. The number of carbonyl (C=O) groups is 1. The first-order valence-electron chi connectivity index (χ1n) is 10.6. The normalized spacial score (nSPS) is 18.9. The van der Waals surface area contributed by atoms with E-state index in [1.165, 1.54) is 0 Å². The Kier molecular flexibility index (Phi) is 6.34. The highest BCUT2D eigenvalue weighted by molar-refractivity contribution is 7.89. The number of sulfonamides is 1. The molecule has 1 aromatic carbocycles. The first-order valence-corrected chi connectivity index (χ1v) is 12.1. The van der Waals surface area contributed by atoms with Crippen LogP contribution >= 0.6 is 0 Å². The Morgan fingerprint density at radius 3 is 2.67 bits per heavy atom. The summed E-state index contributed by atoms with van der Waals surface area (Å²) >= 11 is 0. The molecule has 4 rings (SSSR count). The molecule has 2 aromatic rings. The van der Waals surface area contributed by atoms with Gasteiger partial charge in [-0.1, -0.05) is 25.0 Å². The van der Waals surface area contributed by atoms with E-state index in [1.807, 2.05) is 24.3 Å². The molecule has 1 atom stereocenters. The third-order valence-electron chi connectivity index (χ3n) is 5.94. The van der Waals surface area contributed by atoms with E-state index in [-0.39, 0.29) is 29.3 Å². The van der Waals surface area contributed by atoms with Crippen molar-refractivity contribution in [3.63, 3.8) is 0 Å². The van der Waals surface area contributed by atoms with Crippen LogP contribution < -0.4 is 15.4 Å². The zero-order valence-electron chi connectivity index (χ0n) is 16.9. The molecule has 1 heterocycles. The fraction of sp³-hybridized carbons (Fsp3) is 0.455. The lowest BCUT2D eigenvalue weighted by molar-refractivity contribution is -0.125. The molecule has 2 aliphatic rings. The zero-order valence-corrected chi connectivity index (χ0v) is 17.7. The minimum Gasteiger partial charge on any atom is -0.369 e. The molecule has 1 amide bonds. The first-order chi connectivity index (χ1) is 14.5. The maximum atomic E-state index is 12.7. The van der Waals surface area contributed by atoms with Crippen LogP contribution in [0.15, 0.2) is 47.5 Å². The number of aryl methyl sites for hydroxylation is 1. The van der Waals surface area contributed by atoms with E-state index < -0.39 is 10.0 Å². The molecular weight excluding hydrogens is 400 g/mol. The van der Waals surface area contributed by atoms with Crippen molar-refractivity contribution < 1.29 is 13.2 Å². The van der Waals surface area contributed by atoms with Gasteiger partial charge in [-0.25, -0.2) is 18.1 Å². The summed E-state index contributed by atoms with van der Waals surface area (Å²) in [5, 5.41) is 6.24. The van der Waals surface area contributed by atoms with E-state index in [0.29, 0.717) is 12.4 Å². The van der Waals surface area contributed by atoms with Gasteiger partial charge in [0.15, 0.2) is 0 Å². The predicted molar refractivity (Wildman–Crippen MR) is 116 cm³/mol. The number of hydrogen-bond acceptors (Lipinski definition) is 5. The van der Waals surface area contributed by atoms with Gasteiger partial charge in [-0.05, 0) is 61.1 Å². The summed E-state index contributed by atoms with van der Waals surface area (Å²) in [5.41, 5.74) is 2.04. The van der Waals surface area contributed by atoms with Gasteiger partial charge in [0.25, 0.3) is 0 Å². The Balaban J connectivity index is 1.37. The summed E-state index contributed by atoms with van der Waals surface area (Å²) in [6.45, 7) is 0.680. The molecule has 2 aliphatic carbocycles. The lowest BCUT2D eigenvalue weighted by atomic mass is 10.0. The van der Waals surface area contributed by atoms with Crippen molar-refractivity contribution in [2.45, 2.75) is 49.5 Å². The van der Waals surface area contributed by atoms with E-state index >= 15 is 0 Å². The highest BCUT2D eigenvalue weighted by Crippen LogP contribution is 2.34. The number of nitrogens with one attached hydrogen (secondary N) is 3. The van der Waals surface area contributed by atoms with Crippen LogP contribution in [0.5, 0.6) is 0 Å². The molecule has 1 saturated carbocycles. The molecule has 0 radical (unpaired) electrons. The molecule has 8 heteroatoms. The van der Waals surface area contributed by atoms with Crippen molar-refractivity contribution >= 4 is 21.7 Å². The van der Waals surface area contributed by atoms with Crippen LogP contribution in [0.2, 0.25) is 0 Å². The number of fused-ring (bicyclic) bond motifs is 1. The Labute approximate surface area is 177 Å². The van der Waals surface area contributed by atoms with Crippen LogP contribution in [0.3, 0.4) is 0 Å². The third-order valence-corrected chi connectivity index (χ3v) is 7.39. The average molecular weight is 429 g/mol. The van der Waals surface area contributed by atoms with Gasteiger partial charge in [0.05, 0.1) is 10.9 Å². The Morgan fingerprint density at radius 1 is 1.07 bits per heavy atom. The lowest BCUT2D eigenvalue weighted by Gasteiger charge is -2.18. The van der Waals surface area contributed by atoms with Crippen molar-refractivity contribution in [1.82, 2.24) is 15.0 Å². The summed E-state index contributed by atoms with van der Waals surface area (Å²) in [7, 11) is -3.63. The molecule has 1 fully saturated rings. The smallest absolute Gasteiger partial charge is 0.240 e. The monoisotopic (exact) mass is 428 g/mol. The van der Waals surface area contributed by atoms with Crippen LogP contribution in [0.1, 0.15) is 49.3 Å². The van der Waals surface area contributed by atoms with Gasteiger partial charge in [-0.3, -0.25) is 4.79 Å². The summed E-state index contributed by atoms with van der Waals surface area (Å²) in [5.74, 6) is 0.918. The minimum absolute atomic E-state index is 0.103. The Bertz CT molecular complexity index is 989. The molecule has 30 heavy (non-hydrogen) atoms. The van der Waals surface area contributed by atoms with E-state index in [1.54, 1.807) is 18.3 Å². The number of amides is 1. The van der Waals surface area contributed by atoms with Gasteiger partial charge in [0.2, 0.25) is 15.9 Å². The first kappa shape index (κ1) is 20.8. The molecule has 1 unspecified atom stereocenters. The molecule has 3 N–H and O–H groups in total. The Morgan fingerprint density at radius 2 is 1.90 bits per heavy atom. The van der Waals surface area contributed by atoms with Gasteiger partial charge in [0, 0.05) is 25.2 Å². The molecule has 1 aromatic heterocycles.